The number of rotatable bonds is 7. The number of amides is 1. The Kier molecular flexibility index (Phi) is 7.43. The lowest BCUT2D eigenvalue weighted by atomic mass is 10.2. The van der Waals surface area contributed by atoms with Gasteiger partial charge in [-0.1, -0.05) is 61.9 Å². The number of benzene rings is 2. The van der Waals surface area contributed by atoms with Crippen LogP contribution < -0.4 is 9.64 Å². The van der Waals surface area contributed by atoms with E-state index in [4.69, 9.17) is 4.74 Å². The highest BCUT2D eigenvalue weighted by molar-refractivity contribution is 8.18. The Morgan fingerprint density at radius 2 is 1.84 bits per heavy atom. The van der Waals surface area contributed by atoms with Gasteiger partial charge >= 0.3 is 0 Å². The molecule has 6 heteroatoms. The number of carbonyl (C=O) groups is 1. The lowest BCUT2D eigenvalue weighted by Crippen LogP contribution is -3.13. The maximum absolute atomic E-state index is 12.6. The highest BCUT2D eigenvalue weighted by Gasteiger charge is 2.30. The van der Waals surface area contributed by atoms with Gasteiger partial charge in [-0.2, -0.15) is 4.99 Å². The first-order chi connectivity index (χ1) is 15.2. The van der Waals surface area contributed by atoms with Crippen LogP contribution in [-0.4, -0.2) is 48.8 Å². The molecule has 1 fully saturated rings. The van der Waals surface area contributed by atoms with E-state index < -0.39 is 0 Å². The first-order valence-electron chi connectivity index (χ1n) is 11.1. The molecular formula is C25H30N3O2S+. The van der Waals surface area contributed by atoms with Crippen LogP contribution in [-0.2, 0) is 11.3 Å². The van der Waals surface area contributed by atoms with Gasteiger partial charge in [-0.3, -0.25) is 4.79 Å². The summed E-state index contributed by atoms with van der Waals surface area (Å²) in [6, 6.07) is 18.5. The maximum atomic E-state index is 12.6. The van der Waals surface area contributed by atoms with Gasteiger partial charge in [0.1, 0.15) is 12.3 Å². The highest BCUT2D eigenvalue weighted by atomic mass is 32.2. The largest absolute Gasteiger partial charge is 0.493 e. The van der Waals surface area contributed by atoms with E-state index in [0.717, 1.165) is 62.0 Å². The second-order valence-electron chi connectivity index (χ2n) is 7.95. The van der Waals surface area contributed by atoms with Gasteiger partial charge in [0.2, 0.25) is 0 Å². The van der Waals surface area contributed by atoms with E-state index in [2.05, 4.69) is 47.1 Å². The van der Waals surface area contributed by atoms with Crippen molar-refractivity contribution in [3.8, 4) is 5.75 Å². The molecule has 0 bridgehead atoms. The average Bonchev–Trinajstić information content (AvgIpc) is 3.16. The Balaban J connectivity index is 1.35. The second kappa shape index (κ2) is 10.6. The molecule has 2 heterocycles. The number of ether oxygens (including phenoxy) is 1. The molecule has 1 N–H and O–H groups in total. The number of piperazine rings is 1. The molecule has 2 aliphatic rings. The Labute approximate surface area is 188 Å². The van der Waals surface area contributed by atoms with Gasteiger partial charge in [-0.15, -0.1) is 0 Å². The summed E-state index contributed by atoms with van der Waals surface area (Å²) in [4.78, 5) is 21.4. The van der Waals surface area contributed by atoms with E-state index in [-0.39, 0.29) is 5.91 Å². The first kappa shape index (κ1) is 21.7. The molecule has 1 amide bonds. The fourth-order valence-electron chi connectivity index (χ4n) is 3.81. The van der Waals surface area contributed by atoms with E-state index in [9.17, 15) is 4.79 Å². The van der Waals surface area contributed by atoms with Crippen LogP contribution in [0, 0.1) is 0 Å². The molecule has 0 unspecified atom stereocenters. The van der Waals surface area contributed by atoms with Gasteiger partial charge in [0.05, 0.1) is 37.7 Å². The number of quaternary nitrogens is 1. The third-order valence-electron chi connectivity index (χ3n) is 5.61. The molecule has 1 saturated heterocycles. The van der Waals surface area contributed by atoms with Crippen molar-refractivity contribution in [1.29, 1.82) is 0 Å². The summed E-state index contributed by atoms with van der Waals surface area (Å²) in [5, 5.41) is 0.833. The number of unbranched alkanes of at least 4 members (excludes halogenated alkanes) is 1. The molecule has 0 aliphatic carbocycles. The summed E-state index contributed by atoms with van der Waals surface area (Å²) >= 11 is 1.49. The normalized spacial score (nSPS) is 18.5. The number of aliphatic imine (C=N–C) groups is 1. The summed E-state index contributed by atoms with van der Waals surface area (Å²) in [6.07, 6.45) is 4.03. The molecule has 0 saturated carbocycles. The number of hydrogen-bond donors (Lipinski definition) is 1. The van der Waals surface area contributed by atoms with Crippen molar-refractivity contribution in [2.24, 2.45) is 4.99 Å². The quantitative estimate of drug-likeness (QED) is 0.535. The Morgan fingerprint density at radius 3 is 2.61 bits per heavy atom. The van der Waals surface area contributed by atoms with E-state index in [1.165, 1.54) is 17.3 Å². The first-order valence-corrected chi connectivity index (χ1v) is 11.9. The molecule has 0 aromatic heterocycles. The molecule has 0 spiro atoms. The van der Waals surface area contributed by atoms with Crippen molar-refractivity contribution in [3.63, 3.8) is 0 Å². The van der Waals surface area contributed by atoms with Crippen LogP contribution in [0.5, 0.6) is 5.75 Å². The predicted molar refractivity (Wildman–Crippen MR) is 127 cm³/mol. The van der Waals surface area contributed by atoms with Crippen molar-refractivity contribution in [1.82, 2.24) is 4.90 Å². The molecular weight excluding hydrogens is 406 g/mol. The fraction of sp³-hybridized carbons (Fsp3) is 0.360. The maximum Gasteiger partial charge on any atom is 0.286 e. The van der Waals surface area contributed by atoms with E-state index >= 15 is 0 Å². The van der Waals surface area contributed by atoms with Crippen molar-refractivity contribution in [2.75, 3.05) is 32.8 Å². The van der Waals surface area contributed by atoms with Gasteiger partial charge < -0.3 is 14.5 Å². The van der Waals surface area contributed by atoms with E-state index in [1.54, 1.807) is 4.90 Å². The van der Waals surface area contributed by atoms with Gasteiger partial charge in [-0.05, 0) is 30.3 Å². The molecule has 162 valence electrons. The van der Waals surface area contributed by atoms with Crippen molar-refractivity contribution >= 4 is 28.9 Å². The summed E-state index contributed by atoms with van der Waals surface area (Å²) in [7, 11) is 0. The zero-order valence-corrected chi connectivity index (χ0v) is 18.9. The smallest absolute Gasteiger partial charge is 0.286 e. The number of hydrogen-bond acceptors (Lipinski definition) is 4. The van der Waals surface area contributed by atoms with E-state index in [1.807, 2.05) is 30.3 Å². The summed E-state index contributed by atoms with van der Waals surface area (Å²) < 4.78 is 5.91. The second-order valence-corrected chi connectivity index (χ2v) is 8.96. The summed E-state index contributed by atoms with van der Waals surface area (Å²) in [6.45, 7) is 7.83. The van der Waals surface area contributed by atoms with Crippen LogP contribution in [0.2, 0.25) is 0 Å². The minimum absolute atomic E-state index is 0.151. The minimum Gasteiger partial charge on any atom is -0.493 e. The van der Waals surface area contributed by atoms with Crippen molar-refractivity contribution < 1.29 is 14.4 Å². The highest BCUT2D eigenvalue weighted by Crippen LogP contribution is 2.32. The minimum atomic E-state index is -0.151. The fourth-order valence-corrected chi connectivity index (χ4v) is 4.76. The number of carbonyl (C=O) groups excluding carboxylic acids is 1. The van der Waals surface area contributed by atoms with Crippen LogP contribution in [0.1, 0.15) is 30.9 Å². The predicted octanol–water partition coefficient (Wildman–Crippen LogP) is 3.24. The molecule has 5 nitrogen and oxygen atoms in total. The molecule has 4 rings (SSSR count). The molecule has 31 heavy (non-hydrogen) atoms. The number of amidine groups is 1. The van der Waals surface area contributed by atoms with Crippen LogP contribution in [0.15, 0.2) is 64.5 Å². The molecule has 2 aromatic carbocycles. The zero-order valence-electron chi connectivity index (χ0n) is 18.0. The average molecular weight is 437 g/mol. The molecule has 0 atom stereocenters. The van der Waals surface area contributed by atoms with Gasteiger partial charge in [0.15, 0.2) is 5.17 Å². The van der Waals surface area contributed by atoms with Crippen molar-refractivity contribution in [2.45, 2.75) is 26.3 Å². The summed E-state index contributed by atoms with van der Waals surface area (Å²) in [5.74, 6) is 0.672. The Hall–Kier alpha value is -2.57. The monoisotopic (exact) mass is 436 g/mol. The third-order valence-corrected chi connectivity index (χ3v) is 6.65. The van der Waals surface area contributed by atoms with Crippen LogP contribution in [0.3, 0.4) is 0 Å². The molecule has 0 radical (unpaired) electrons. The van der Waals surface area contributed by atoms with Crippen molar-refractivity contribution in [3.05, 3.63) is 70.6 Å². The molecule has 2 aromatic rings. The van der Waals surface area contributed by atoms with Gasteiger partial charge in [0.25, 0.3) is 5.91 Å². The SMILES string of the molecule is CCCCOc1ccccc1/C=C1/SC(N2CC[NH+](Cc3ccccc3)CC2)=NC1=O. The lowest BCUT2D eigenvalue weighted by molar-refractivity contribution is -0.917. The van der Waals surface area contributed by atoms with Crippen LogP contribution >= 0.6 is 11.8 Å². The number of thioether (sulfide) groups is 1. The van der Waals surface area contributed by atoms with E-state index in [0.29, 0.717) is 11.5 Å². The number of nitrogens with one attached hydrogen (secondary N) is 1. The zero-order chi connectivity index (χ0) is 21.5. The topological polar surface area (TPSA) is 46.3 Å². The van der Waals surface area contributed by atoms with Crippen LogP contribution in [0.4, 0.5) is 0 Å². The number of nitrogens with zero attached hydrogens (tertiary/aromatic N) is 2. The molecule has 2 aliphatic heterocycles. The lowest BCUT2D eigenvalue weighted by Gasteiger charge is -2.32. The van der Waals surface area contributed by atoms with Crippen LogP contribution in [0.25, 0.3) is 6.08 Å². The van der Waals surface area contributed by atoms with Gasteiger partial charge in [0, 0.05) is 11.1 Å². The Bertz CT molecular complexity index is 950. The third kappa shape index (κ3) is 5.77. The summed E-state index contributed by atoms with van der Waals surface area (Å²) in [5.41, 5.74) is 2.31. The van der Waals surface area contributed by atoms with Gasteiger partial charge in [-0.25, -0.2) is 0 Å². The standard InChI is InChI=1S/C25H29N3O2S/c1-2-3-17-30-22-12-8-7-11-21(22)18-23-24(29)26-25(31-23)28-15-13-27(14-16-28)19-20-9-5-4-6-10-20/h4-12,18H,2-3,13-17,19H2,1H3/p+1/b23-18+. The Morgan fingerprint density at radius 1 is 1.10 bits per heavy atom. The number of para-hydroxylation sites is 1.